The molecule has 11 nitrogen and oxygen atoms in total. The fourth-order valence-electron chi connectivity index (χ4n) is 3.33. The summed E-state index contributed by atoms with van der Waals surface area (Å²) >= 11 is 0. The number of benzene rings is 2. The maximum Gasteiger partial charge on any atom is 0.243 e. The van der Waals surface area contributed by atoms with Gasteiger partial charge in [0, 0.05) is 0 Å². The van der Waals surface area contributed by atoms with Crippen molar-refractivity contribution in [2.24, 2.45) is 4.99 Å². The number of methoxy groups -OCH3 is 2. The van der Waals surface area contributed by atoms with E-state index in [0.717, 1.165) is 12.1 Å². The van der Waals surface area contributed by atoms with Crippen LogP contribution in [0, 0.1) is 5.82 Å². The minimum Gasteiger partial charge on any atom is -0.506 e. The lowest BCUT2D eigenvalue weighted by molar-refractivity contribution is 0.201. The van der Waals surface area contributed by atoms with Gasteiger partial charge in [0.05, 0.1) is 32.2 Å². The van der Waals surface area contributed by atoms with Crippen LogP contribution < -0.4 is 9.46 Å². The molecule has 1 aliphatic heterocycles. The number of nitrogens with zero attached hydrogens (tertiary/aromatic N) is 4. The molecule has 2 heterocycles. The van der Waals surface area contributed by atoms with E-state index in [-0.39, 0.29) is 46.1 Å². The van der Waals surface area contributed by atoms with E-state index in [1.165, 1.54) is 49.1 Å². The molecule has 0 unspecified atom stereocenters. The van der Waals surface area contributed by atoms with Gasteiger partial charge in [-0.25, -0.2) is 17.8 Å². The van der Waals surface area contributed by atoms with Crippen LogP contribution in [-0.2, 0) is 14.8 Å². The zero-order valence-electron chi connectivity index (χ0n) is 19.0. The van der Waals surface area contributed by atoms with Gasteiger partial charge in [0.15, 0.2) is 11.5 Å². The third kappa shape index (κ3) is 5.14. The summed E-state index contributed by atoms with van der Waals surface area (Å²) in [6, 6.07) is 9.24. The molecular weight excluding hydrogens is 493 g/mol. The maximum atomic E-state index is 13.2. The molecule has 0 bridgehead atoms. The van der Waals surface area contributed by atoms with Crippen LogP contribution in [0.2, 0.25) is 0 Å². The molecular formula is C23H20FN5O6S. The number of aromatic hydroxyl groups is 1. The summed E-state index contributed by atoms with van der Waals surface area (Å²) < 4.78 is 53.0. The Balaban J connectivity index is 1.78. The molecule has 0 amide bonds. The van der Waals surface area contributed by atoms with Crippen molar-refractivity contribution < 1.29 is 32.5 Å². The smallest absolute Gasteiger partial charge is 0.243 e. The fraction of sp³-hybridized carbons (Fsp3) is 0.174. The number of aliphatic imine (C=N–C) groups is 1. The SMILES string of the molecule is COC1=NC(c2nnc(NS(=O)(=O)C[C@@H](O)c3ccc(F)cc3)n2-c2c(O)cccc2OC)=C=C=C1. The topological polar surface area (TPSA) is 148 Å². The molecule has 36 heavy (non-hydrogen) atoms. The van der Waals surface area contributed by atoms with Crippen LogP contribution in [0.3, 0.4) is 0 Å². The van der Waals surface area contributed by atoms with Gasteiger partial charge in [-0.05, 0) is 35.6 Å². The average Bonchev–Trinajstić information content (AvgIpc) is 3.26. The first-order valence-electron chi connectivity index (χ1n) is 10.3. The number of sulfonamides is 1. The van der Waals surface area contributed by atoms with Crippen LogP contribution in [0.15, 0.2) is 65.0 Å². The molecule has 0 radical (unpaired) electrons. The van der Waals surface area contributed by atoms with Crippen LogP contribution in [0.1, 0.15) is 17.5 Å². The summed E-state index contributed by atoms with van der Waals surface area (Å²) in [5.74, 6) is -1.54. The normalized spacial score (nSPS) is 13.7. The second-order valence-corrected chi connectivity index (χ2v) is 9.14. The van der Waals surface area contributed by atoms with Crippen LogP contribution in [0.25, 0.3) is 11.4 Å². The van der Waals surface area contributed by atoms with Crippen molar-refractivity contribution in [3.05, 3.63) is 77.2 Å². The van der Waals surface area contributed by atoms with Gasteiger partial charge < -0.3 is 19.7 Å². The van der Waals surface area contributed by atoms with E-state index < -0.39 is 27.7 Å². The second kappa shape index (κ2) is 10.1. The van der Waals surface area contributed by atoms with Crippen molar-refractivity contribution in [3.63, 3.8) is 0 Å². The maximum absolute atomic E-state index is 13.2. The highest BCUT2D eigenvalue weighted by molar-refractivity contribution is 7.92. The zero-order chi connectivity index (χ0) is 25.9. The van der Waals surface area contributed by atoms with Crippen molar-refractivity contribution in [2.45, 2.75) is 6.10 Å². The van der Waals surface area contributed by atoms with Crippen molar-refractivity contribution >= 4 is 27.6 Å². The first-order valence-corrected chi connectivity index (χ1v) is 12.0. The number of nitrogens with one attached hydrogen (secondary N) is 1. The molecule has 1 atom stereocenters. The van der Waals surface area contributed by atoms with Gasteiger partial charge in [0.1, 0.15) is 23.0 Å². The Morgan fingerprint density at radius 1 is 1.14 bits per heavy atom. The summed E-state index contributed by atoms with van der Waals surface area (Å²) in [6.45, 7) is 0. The van der Waals surface area contributed by atoms with Gasteiger partial charge in [0.2, 0.25) is 21.9 Å². The van der Waals surface area contributed by atoms with Gasteiger partial charge in [0.25, 0.3) is 0 Å². The predicted molar refractivity (Wildman–Crippen MR) is 128 cm³/mol. The monoisotopic (exact) mass is 513 g/mol. The van der Waals surface area contributed by atoms with Crippen LogP contribution in [0.4, 0.5) is 10.3 Å². The molecule has 13 heteroatoms. The van der Waals surface area contributed by atoms with E-state index in [4.69, 9.17) is 9.47 Å². The average molecular weight is 514 g/mol. The molecule has 0 spiro atoms. The lowest BCUT2D eigenvalue weighted by Gasteiger charge is -2.17. The molecule has 1 aromatic heterocycles. The molecule has 3 N–H and O–H groups in total. The molecule has 0 fully saturated rings. The van der Waals surface area contributed by atoms with Crippen molar-refractivity contribution in [2.75, 3.05) is 24.7 Å². The Morgan fingerprint density at radius 3 is 2.58 bits per heavy atom. The minimum atomic E-state index is -4.24. The Hall–Kier alpha value is -4.41. The number of para-hydroxylation sites is 1. The third-order valence-corrected chi connectivity index (χ3v) is 6.24. The summed E-state index contributed by atoms with van der Waals surface area (Å²) in [6.07, 6.45) is -0.0211. The van der Waals surface area contributed by atoms with Gasteiger partial charge in [-0.15, -0.1) is 10.2 Å². The van der Waals surface area contributed by atoms with Gasteiger partial charge in [-0.1, -0.05) is 23.9 Å². The number of hydrogen-bond acceptors (Lipinski definition) is 9. The second-order valence-electron chi connectivity index (χ2n) is 7.38. The van der Waals surface area contributed by atoms with E-state index >= 15 is 0 Å². The highest BCUT2D eigenvalue weighted by atomic mass is 32.2. The van der Waals surface area contributed by atoms with E-state index in [1.807, 2.05) is 0 Å². The standard InChI is InChI=1S/C23H20FN5O6S/c1-34-19-7-4-6-17(30)21(19)29-22(16-5-3-8-20(25-16)35-2)26-27-23(29)28-36(32,33)13-18(31)14-9-11-15(24)12-10-14/h4,6-12,18,30-31H,13H2,1-2H3,(H,27,28)/t18-/m1/s1. The van der Waals surface area contributed by atoms with Crippen molar-refractivity contribution in [1.82, 2.24) is 14.8 Å². The molecule has 0 saturated heterocycles. The number of phenols is 1. The van der Waals surface area contributed by atoms with Gasteiger partial charge >= 0.3 is 0 Å². The first kappa shape index (κ1) is 24.7. The number of phenolic OH excluding ortho intramolecular Hbond substituents is 1. The van der Waals surface area contributed by atoms with Gasteiger partial charge in [-0.2, -0.15) is 0 Å². The zero-order valence-corrected chi connectivity index (χ0v) is 19.8. The van der Waals surface area contributed by atoms with Crippen LogP contribution in [0.5, 0.6) is 11.5 Å². The Labute approximate surface area is 205 Å². The number of aromatic nitrogens is 3. The van der Waals surface area contributed by atoms with Crippen molar-refractivity contribution in [1.29, 1.82) is 0 Å². The van der Waals surface area contributed by atoms with E-state index in [1.54, 1.807) is 6.07 Å². The molecule has 2 aromatic carbocycles. The quantitative estimate of drug-likeness (QED) is 0.389. The summed E-state index contributed by atoms with van der Waals surface area (Å²) in [5.41, 5.74) is 5.79. The fourth-order valence-corrected chi connectivity index (χ4v) is 4.43. The highest BCUT2D eigenvalue weighted by Crippen LogP contribution is 2.36. The lowest BCUT2D eigenvalue weighted by atomic mass is 10.1. The lowest BCUT2D eigenvalue weighted by Crippen LogP contribution is -2.23. The molecule has 4 rings (SSSR count). The van der Waals surface area contributed by atoms with Crippen LogP contribution >= 0.6 is 0 Å². The molecule has 1 aliphatic rings. The number of halogens is 1. The summed E-state index contributed by atoms with van der Waals surface area (Å²) in [7, 11) is -1.46. The predicted octanol–water partition coefficient (Wildman–Crippen LogP) is 2.31. The molecule has 0 saturated carbocycles. The number of aliphatic hydroxyl groups is 1. The summed E-state index contributed by atoms with van der Waals surface area (Å²) in [4.78, 5) is 4.24. The number of ether oxygens (including phenoxy) is 2. The molecule has 186 valence electrons. The highest BCUT2D eigenvalue weighted by Gasteiger charge is 2.27. The number of hydrogen-bond donors (Lipinski definition) is 3. The minimum absolute atomic E-state index is 0.0123. The first-order chi connectivity index (χ1) is 17.2. The molecule has 3 aromatic rings. The Kier molecular flexibility index (Phi) is 6.91. The van der Waals surface area contributed by atoms with Crippen molar-refractivity contribution in [3.8, 4) is 17.2 Å². The Morgan fingerprint density at radius 2 is 1.89 bits per heavy atom. The Bertz CT molecular complexity index is 1540. The van der Waals surface area contributed by atoms with E-state index in [2.05, 4.69) is 31.4 Å². The number of aliphatic hydroxyl groups excluding tert-OH is 1. The van der Waals surface area contributed by atoms with Gasteiger partial charge in [-0.3, -0.25) is 9.29 Å². The number of rotatable bonds is 8. The van der Waals surface area contributed by atoms with E-state index in [0.29, 0.717) is 0 Å². The molecule has 0 aliphatic carbocycles. The van der Waals surface area contributed by atoms with Crippen LogP contribution in [-0.4, -0.2) is 59.3 Å². The largest absolute Gasteiger partial charge is 0.506 e. The van der Waals surface area contributed by atoms with E-state index in [9.17, 15) is 23.0 Å². The third-order valence-electron chi connectivity index (χ3n) is 4.99. The number of anilines is 1. The summed E-state index contributed by atoms with van der Waals surface area (Å²) in [5, 5.41) is 29.0.